The Morgan fingerprint density at radius 3 is 2.82 bits per heavy atom. The summed E-state index contributed by atoms with van der Waals surface area (Å²) in [4.78, 5) is 14.6. The predicted octanol–water partition coefficient (Wildman–Crippen LogP) is 4.44. The molecule has 0 N–H and O–H groups in total. The van der Waals surface area contributed by atoms with Crippen LogP contribution in [0.5, 0.6) is 11.5 Å². The van der Waals surface area contributed by atoms with Gasteiger partial charge in [-0.15, -0.1) is 5.10 Å². The molecule has 2 aliphatic rings. The minimum Gasteiger partial charge on any atom is -0.454 e. The molecule has 2 aromatic carbocycles. The third-order valence-electron chi connectivity index (χ3n) is 4.52. The molecule has 28 heavy (non-hydrogen) atoms. The predicted molar refractivity (Wildman–Crippen MR) is 112 cm³/mol. The number of carbonyl (C=O) groups is 1. The SMILES string of the molecule is CCCCC1S/C(=N\N=C\c2ccc3c(c2)OCO3)N(c2ccccc2)C1=O. The first-order valence-electron chi connectivity index (χ1n) is 9.32. The molecule has 2 heterocycles. The van der Waals surface area contributed by atoms with E-state index in [4.69, 9.17) is 9.47 Å². The van der Waals surface area contributed by atoms with Crippen LogP contribution in [0.1, 0.15) is 31.7 Å². The number of amides is 1. The fourth-order valence-corrected chi connectivity index (χ4v) is 4.20. The lowest BCUT2D eigenvalue weighted by atomic mass is 10.2. The van der Waals surface area contributed by atoms with E-state index in [1.807, 2.05) is 48.5 Å². The molecule has 0 bridgehead atoms. The van der Waals surface area contributed by atoms with E-state index in [0.29, 0.717) is 10.9 Å². The molecule has 0 aliphatic carbocycles. The van der Waals surface area contributed by atoms with Gasteiger partial charge in [0.1, 0.15) is 0 Å². The average Bonchev–Trinajstić information content (AvgIpc) is 3.31. The van der Waals surface area contributed by atoms with Gasteiger partial charge in [-0.3, -0.25) is 9.69 Å². The number of benzene rings is 2. The maximum absolute atomic E-state index is 12.9. The Morgan fingerprint density at radius 2 is 2.00 bits per heavy atom. The van der Waals surface area contributed by atoms with E-state index in [2.05, 4.69) is 17.1 Å². The Bertz CT molecular complexity index is 914. The summed E-state index contributed by atoms with van der Waals surface area (Å²) in [6, 6.07) is 15.2. The molecule has 6 nitrogen and oxygen atoms in total. The quantitative estimate of drug-likeness (QED) is 0.536. The molecule has 1 atom stereocenters. The van der Waals surface area contributed by atoms with Gasteiger partial charge in [-0.2, -0.15) is 5.10 Å². The van der Waals surface area contributed by atoms with Gasteiger partial charge in [0.15, 0.2) is 16.7 Å². The Morgan fingerprint density at radius 1 is 1.18 bits per heavy atom. The second-order valence-corrected chi connectivity index (χ2v) is 7.67. The first kappa shape index (κ1) is 18.6. The lowest BCUT2D eigenvalue weighted by Gasteiger charge is -2.15. The van der Waals surface area contributed by atoms with Crippen molar-refractivity contribution in [2.75, 3.05) is 11.7 Å². The normalized spacial score (nSPS) is 19.9. The summed E-state index contributed by atoms with van der Waals surface area (Å²) in [6.45, 7) is 2.37. The summed E-state index contributed by atoms with van der Waals surface area (Å²) in [5.74, 6) is 1.50. The Hall–Kier alpha value is -2.80. The minimum absolute atomic E-state index is 0.0710. The molecule has 7 heteroatoms. The second kappa shape index (κ2) is 8.48. The number of hydrogen-bond donors (Lipinski definition) is 0. The van der Waals surface area contributed by atoms with E-state index >= 15 is 0 Å². The zero-order valence-electron chi connectivity index (χ0n) is 15.6. The van der Waals surface area contributed by atoms with Gasteiger partial charge < -0.3 is 9.47 Å². The number of carbonyl (C=O) groups excluding carboxylic acids is 1. The van der Waals surface area contributed by atoms with Crippen LogP contribution in [-0.2, 0) is 4.79 Å². The first-order chi connectivity index (χ1) is 13.8. The zero-order valence-corrected chi connectivity index (χ0v) is 16.4. The number of anilines is 1. The summed E-state index contributed by atoms with van der Waals surface area (Å²) >= 11 is 1.48. The summed E-state index contributed by atoms with van der Waals surface area (Å²) in [5.41, 5.74) is 1.67. The van der Waals surface area contributed by atoms with E-state index in [0.717, 1.165) is 36.3 Å². The number of fused-ring (bicyclic) bond motifs is 1. The molecule has 1 saturated heterocycles. The van der Waals surface area contributed by atoms with Crippen molar-refractivity contribution >= 4 is 34.7 Å². The fraction of sp³-hybridized carbons (Fsp3) is 0.286. The number of amidine groups is 1. The summed E-state index contributed by atoms with van der Waals surface area (Å²) < 4.78 is 10.7. The van der Waals surface area contributed by atoms with E-state index < -0.39 is 0 Å². The summed E-state index contributed by atoms with van der Waals surface area (Å²) in [7, 11) is 0. The highest BCUT2D eigenvalue weighted by Gasteiger charge is 2.38. The van der Waals surface area contributed by atoms with Crippen LogP contribution < -0.4 is 14.4 Å². The minimum atomic E-state index is -0.111. The van der Waals surface area contributed by atoms with Crippen LogP contribution >= 0.6 is 11.8 Å². The Balaban J connectivity index is 1.57. The van der Waals surface area contributed by atoms with Crippen molar-refractivity contribution in [1.82, 2.24) is 0 Å². The first-order valence-corrected chi connectivity index (χ1v) is 10.2. The van der Waals surface area contributed by atoms with Crippen molar-refractivity contribution < 1.29 is 14.3 Å². The van der Waals surface area contributed by atoms with E-state index in [1.54, 1.807) is 11.1 Å². The van der Waals surface area contributed by atoms with E-state index in [1.165, 1.54) is 11.8 Å². The smallest absolute Gasteiger partial charge is 0.246 e. The monoisotopic (exact) mass is 395 g/mol. The van der Waals surface area contributed by atoms with Gasteiger partial charge in [-0.1, -0.05) is 49.7 Å². The number of nitrogens with zero attached hydrogens (tertiary/aromatic N) is 3. The zero-order chi connectivity index (χ0) is 19.3. The standard InChI is InChI=1S/C21H21N3O3S/c1-2-3-9-19-20(25)24(16-7-5-4-6-8-16)21(28-19)23-22-13-15-10-11-17-18(12-15)27-14-26-17/h4-8,10-13,19H,2-3,9,14H2,1H3/b22-13+,23-21-. The van der Waals surface area contributed by atoms with Gasteiger partial charge in [-0.05, 0) is 42.3 Å². The van der Waals surface area contributed by atoms with Gasteiger partial charge >= 0.3 is 0 Å². The molecule has 144 valence electrons. The Labute approximate surface area is 168 Å². The van der Waals surface area contributed by atoms with Crippen LogP contribution in [0.3, 0.4) is 0 Å². The van der Waals surface area contributed by atoms with Crippen molar-refractivity contribution in [3.05, 3.63) is 54.1 Å². The van der Waals surface area contributed by atoms with Gasteiger partial charge in [-0.25, -0.2) is 0 Å². The average molecular weight is 395 g/mol. The number of hydrogen-bond acceptors (Lipinski definition) is 6. The molecule has 2 aliphatic heterocycles. The molecule has 2 aromatic rings. The molecule has 4 rings (SSSR count). The lowest BCUT2D eigenvalue weighted by Crippen LogP contribution is -2.31. The van der Waals surface area contributed by atoms with Gasteiger partial charge in [0.05, 0.1) is 17.2 Å². The van der Waals surface area contributed by atoms with Crippen LogP contribution in [0.4, 0.5) is 5.69 Å². The van der Waals surface area contributed by atoms with Crippen LogP contribution in [0.15, 0.2) is 58.7 Å². The van der Waals surface area contributed by atoms with Crippen molar-refractivity contribution in [3.63, 3.8) is 0 Å². The van der Waals surface area contributed by atoms with Crippen LogP contribution in [-0.4, -0.2) is 29.3 Å². The molecule has 1 unspecified atom stereocenters. The van der Waals surface area contributed by atoms with Gasteiger partial charge in [0, 0.05) is 0 Å². The van der Waals surface area contributed by atoms with Crippen molar-refractivity contribution in [1.29, 1.82) is 0 Å². The molecular formula is C21H21N3O3S. The maximum Gasteiger partial charge on any atom is 0.246 e. The van der Waals surface area contributed by atoms with E-state index in [9.17, 15) is 4.79 Å². The highest BCUT2D eigenvalue weighted by molar-refractivity contribution is 8.16. The lowest BCUT2D eigenvalue weighted by molar-refractivity contribution is -0.117. The molecule has 0 radical (unpaired) electrons. The highest BCUT2D eigenvalue weighted by Crippen LogP contribution is 2.35. The van der Waals surface area contributed by atoms with Crippen molar-refractivity contribution in [2.45, 2.75) is 31.4 Å². The maximum atomic E-state index is 12.9. The number of rotatable bonds is 6. The molecule has 0 saturated carbocycles. The second-order valence-electron chi connectivity index (χ2n) is 6.50. The molecule has 1 amide bonds. The van der Waals surface area contributed by atoms with Crippen LogP contribution in [0.2, 0.25) is 0 Å². The van der Waals surface area contributed by atoms with Gasteiger partial charge in [0.25, 0.3) is 0 Å². The van der Waals surface area contributed by atoms with Gasteiger partial charge in [0.2, 0.25) is 12.7 Å². The van der Waals surface area contributed by atoms with Crippen molar-refractivity contribution in [3.8, 4) is 11.5 Å². The molecular weight excluding hydrogens is 374 g/mol. The summed E-state index contributed by atoms with van der Waals surface area (Å²) in [6.07, 6.45) is 4.57. The topological polar surface area (TPSA) is 63.5 Å². The van der Waals surface area contributed by atoms with Crippen molar-refractivity contribution in [2.24, 2.45) is 10.2 Å². The molecule has 0 spiro atoms. The third kappa shape index (κ3) is 3.89. The number of thioether (sulfide) groups is 1. The van der Waals surface area contributed by atoms with Crippen LogP contribution in [0, 0.1) is 0 Å². The van der Waals surface area contributed by atoms with Crippen LogP contribution in [0.25, 0.3) is 0 Å². The largest absolute Gasteiger partial charge is 0.454 e. The molecule has 1 fully saturated rings. The molecule has 0 aromatic heterocycles. The fourth-order valence-electron chi connectivity index (χ4n) is 3.06. The third-order valence-corrected chi connectivity index (χ3v) is 5.71. The number of para-hydroxylation sites is 1. The number of ether oxygens (including phenoxy) is 2. The Kier molecular flexibility index (Phi) is 5.62. The van der Waals surface area contributed by atoms with E-state index in [-0.39, 0.29) is 18.0 Å². The highest BCUT2D eigenvalue weighted by atomic mass is 32.2. The number of unbranched alkanes of at least 4 members (excludes halogenated alkanes) is 1. The summed E-state index contributed by atoms with van der Waals surface area (Å²) in [5, 5.41) is 9.08.